The van der Waals surface area contributed by atoms with Crippen LogP contribution in [0.25, 0.3) is 0 Å². The molecule has 0 radical (unpaired) electrons. The number of aryl methyl sites for hydroxylation is 1. The Labute approximate surface area is 129 Å². The van der Waals surface area contributed by atoms with Gasteiger partial charge in [0.05, 0.1) is 0 Å². The van der Waals surface area contributed by atoms with Crippen molar-refractivity contribution in [2.75, 3.05) is 0 Å². The van der Waals surface area contributed by atoms with Crippen LogP contribution in [0.3, 0.4) is 0 Å². The van der Waals surface area contributed by atoms with Gasteiger partial charge in [-0.1, -0.05) is 25.3 Å². The number of rotatable bonds is 7. The molecule has 1 saturated carbocycles. The van der Waals surface area contributed by atoms with Crippen LogP contribution in [0.1, 0.15) is 49.8 Å². The number of nitrogens with one attached hydrogen (secondary N) is 1. The predicted molar refractivity (Wildman–Crippen MR) is 83.4 cm³/mol. The van der Waals surface area contributed by atoms with Crippen molar-refractivity contribution in [1.82, 2.24) is 5.32 Å². The Morgan fingerprint density at radius 3 is 2.71 bits per heavy atom. The van der Waals surface area contributed by atoms with E-state index >= 15 is 0 Å². The Balaban J connectivity index is 1.76. The highest BCUT2D eigenvalue weighted by molar-refractivity contribution is 7.09. The van der Waals surface area contributed by atoms with Gasteiger partial charge in [0.15, 0.2) is 0 Å². The van der Waals surface area contributed by atoms with E-state index in [9.17, 15) is 14.7 Å². The van der Waals surface area contributed by atoms with E-state index in [4.69, 9.17) is 0 Å². The zero-order valence-corrected chi connectivity index (χ0v) is 13.0. The van der Waals surface area contributed by atoms with Gasteiger partial charge in [-0.3, -0.25) is 4.79 Å². The Bertz CT molecular complexity index is 452. The highest BCUT2D eigenvalue weighted by Crippen LogP contribution is 2.26. The van der Waals surface area contributed by atoms with Crippen LogP contribution in [-0.2, 0) is 16.0 Å². The van der Waals surface area contributed by atoms with Gasteiger partial charge in [-0.2, -0.15) is 0 Å². The third kappa shape index (κ3) is 5.16. The Kier molecular flexibility index (Phi) is 6.23. The second kappa shape index (κ2) is 8.17. The van der Waals surface area contributed by atoms with Crippen molar-refractivity contribution in [3.63, 3.8) is 0 Å². The maximum absolute atomic E-state index is 12.0. The Morgan fingerprint density at radius 2 is 2.10 bits per heavy atom. The lowest BCUT2D eigenvalue weighted by molar-refractivity contribution is -0.143. The summed E-state index contributed by atoms with van der Waals surface area (Å²) < 4.78 is 0. The van der Waals surface area contributed by atoms with Crippen molar-refractivity contribution in [2.24, 2.45) is 5.92 Å². The van der Waals surface area contributed by atoms with Crippen molar-refractivity contribution in [1.29, 1.82) is 0 Å². The quantitative estimate of drug-likeness (QED) is 0.812. The van der Waals surface area contributed by atoms with E-state index in [-0.39, 0.29) is 11.8 Å². The van der Waals surface area contributed by atoms with Gasteiger partial charge >= 0.3 is 5.97 Å². The third-order valence-electron chi connectivity index (χ3n) is 4.11. The minimum absolute atomic E-state index is 0.0949. The fraction of sp³-hybridized carbons (Fsp3) is 0.625. The standard InChI is InChI=1S/C16H23NO3S/c18-14(10-4-8-13-9-5-11-21-13)17-15(16(19)20)12-6-2-1-3-7-12/h5,9,11-12,15H,1-4,6-8,10H2,(H,17,18)(H,19,20). The monoisotopic (exact) mass is 309 g/mol. The van der Waals surface area contributed by atoms with E-state index in [0.717, 1.165) is 38.5 Å². The molecule has 0 aromatic carbocycles. The van der Waals surface area contributed by atoms with Crippen LogP contribution in [0.5, 0.6) is 0 Å². The molecule has 0 saturated heterocycles. The van der Waals surface area contributed by atoms with Gasteiger partial charge in [0, 0.05) is 11.3 Å². The van der Waals surface area contributed by atoms with Crippen molar-refractivity contribution in [2.45, 2.75) is 57.4 Å². The lowest BCUT2D eigenvalue weighted by atomic mass is 9.84. The summed E-state index contributed by atoms with van der Waals surface area (Å²) in [6, 6.07) is 3.35. The summed E-state index contributed by atoms with van der Waals surface area (Å²) in [7, 11) is 0. The third-order valence-corrected chi connectivity index (χ3v) is 5.05. The van der Waals surface area contributed by atoms with Crippen molar-refractivity contribution in [3.8, 4) is 0 Å². The molecule has 1 aromatic heterocycles. The van der Waals surface area contributed by atoms with Crippen LogP contribution < -0.4 is 5.32 Å². The summed E-state index contributed by atoms with van der Waals surface area (Å²) in [6.07, 6.45) is 7.19. The number of carbonyl (C=O) groups is 2. The smallest absolute Gasteiger partial charge is 0.326 e. The fourth-order valence-electron chi connectivity index (χ4n) is 2.97. The van der Waals surface area contributed by atoms with Gasteiger partial charge in [0.2, 0.25) is 5.91 Å². The van der Waals surface area contributed by atoms with Crippen LogP contribution in [0.15, 0.2) is 17.5 Å². The SMILES string of the molecule is O=C(CCCc1cccs1)NC(C(=O)O)C1CCCCC1. The molecule has 116 valence electrons. The maximum Gasteiger partial charge on any atom is 0.326 e. The highest BCUT2D eigenvalue weighted by Gasteiger charge is 2.30. The lowest BCUT2D eigenvalue weighted by Gasteiger charge is -2.28. The first-order valence-electron chi connectivity index (χ1n) is 7.71. The molecule has 21 heavy (non-hydrogen) atoms. The number of thiophene rings is 1. The number of aliphatic carboxylic acids is 1. The topological polar surface area (TPSA) is 66.4 Å². The van der Waals surface area contributed by atoms with Crippen molar-refractivity contribution in [3.05, 3.63) is 22.4 Å². The van der Waals surface area contributed by atoms with E-state index in [1.54, 1.807) is 11.3 Å². The van der Waals surface area contributed by atoms with Crippen LogP contribution in [0.4, 0.5) is 0 Å². The summed E-state index contributed by atoms with van der Waals surface area (Å²) in [5.74, 6) is -0.935. The first kappa shape index (κ1) is 16.0. The van der Waals surface area contributed by atoms with Crippen LogP contribution in [0, 0.1) is 5.92 Å². The molecule has 1 aromatic rings. The molecular weight excluding hydrogens is 286 g/mol. The summed E-state index contributed by atoms with van der Waals surface area (Å²) in [6.45, 7) is 0. The van der Waals surface area contributed by atoms with E-state index in [1.807, 2.05) is 11.4 Å². The first-order valence-corrected chi connectivity index (χ1v) is 8.59. The van der Waals surface area contributed by atoms with Crippen LogP contribution in [0.2, 0.25) is 0 Å². The maximum atomic E-state index is 12.0. The summed E-state index contributed by atoms with van der Waals surface area (Å²) in [5, 5.41) is 14.1. The molecule has 1 aliphatic rings. The van der Waals surface area contributed by atoms with E-state index in [0.29, 0.717) is 6.42 Å². The molecule has 5 heteroatoms. The fourth-order valence-corrected chi connectivity index (χ4v) is 3.72. The van der Waals surface area contributed by atoms with Gasteiger partial charge in [-0.05, 0) is 43.0 Å². The number of carboxylic acid groups (broad SMARTS) is 1. The van der Waals surface area contributed by atoms with E-state index in [2.05, 4.69) is 11.4 Å². The number of hydrogen-bond donors (Lipinski definition) is 2. The number of carboxylic acids is 1. The number of amides is 1. The normalized spacial score (nSPS) is 17.3. The molecule has 4 nitrogen and oxygen atoms in total. The molecule has 1 aliphatic carbocycles. The van der Waals surface area contributed by atoms with Gasteiger partial charge in [-0.15, -0.1) is 11.3 Å². The van der Waals surface area contributed by atoms with Gasteiger partial charge in [-0.25, -0.2) is 4.79 Å². The van der Waals surface area contributed by atoms with E-state index in [1.165, 1.54) is 11.3 Å². The number of hydrogen-bond acceptors (Lipinski definition) is 3. The van der Waals surface area contributed by atoms with Crippen LogP contribution in [-0.4, -0.2) is 23.0 Å². The largest absolute Gasteiger partial charge is 0.480 e. The molecule has 0 bridgehead atoms. The molecule has 1 fully saturated rings. The Hall–Kier alpha value is -1.36. The molecule has 0 aliphatic heterocycles. The summed E-state index contributed by atoms with van der Waals surface area (Å²) in [4.78, 5) is 24.6. The molecule has 1 atom stereocenters. The molecule has 2 N–H and O–H groups in total. The minimum atomic E-state index is -0.895. The molecule has 0 spiro atoms. The Morgan fingerprint density at radius 1 is 1.33 bits per heavy atom. The second-order valence-electron chi connectivity index (χ2n) is 5.71. The molecule has 2 rings (SSSR count). The van der Waals surface area contributed by atoms with Gasteiger partial charge in [0.1, 0.15) is 6.04 Å². The average molecular weight is 309 g/mol. The lowest BCUT2D eigenvalue weighted by Crippen LogP contribution is -2.46. The highest BCUT2D eigenvalue weighted by atomic mass is 32.1. The summed E-state index contributed by atoms with van der Waals surface area (Å²) in [5.41, 5.74) is 0. The predicted octanol–water partition coefficient (Wildman–Crippen LogP) is 3.22. The molecular formula is C16H23NO3S. The van der Waals surface area contributed by atoms with Gasteiger partial charge < -0.3 is 10.4 Å². The van der Waals surface area contributed by atoms with Crippen molar-refractivity contribution >= 4 is 23.2 Å². The molecule has 1 unspecified atom stereocenters. The average Bonchev–Trinajstić information content (AvgIpc) is 2.98. The zero-order chi connectivity index (χ0) is 15.1. The second-order valence-corrected chi connectivity index (χ2v) is 6.75. The zero-order valence-electron chi connectivity index (χ0n) is 12.2. The van der Waals surface area contributed by atoms with Crippen molar-refractivity contribution < 1.29 is 14.7 Å². The van der Waals surface area contributed by atoms with Gasteiger partial charge in [0.25, 0.3) is 0 Å². The molecule has 1 amide bonds. The van der Waals surface area contributed by atoms with E-state index < -0.39 is 12.0 Å². The number of carbonyl (C=O) groups excluding carboxylic acids is 1. The first-order chi connectivity index (χ1) is 10.2. The molecule has 1 heterocycles. The van der Waals surface area contributed by atoms with Crippen LogP contribution >= 0.6 is 11.3 Å². The minimum Gasteiger partial charge on any atom is -0.480 e. The summed E-state index contributed by atoms with van der Waals surface area (Å²) >= 11 is 1.69.